The predicted octanol–water partition coefficient (Wildman–Crippen LogP) is 1.94. The Morgan fingerprint density at radius 1 is 0.964 bits per heavy atom. The Labute approximate surface area is 165 Å². The number of urea groups is 1. The minimum Gasteiger partial charge on any atom is -0.484 e. The summed E-state index contributed by atoms with van der Waals surface area (Å²) in [6.07, 6.45) is 1.03. The van der Waals surface area contributed by atoms with Crippen LogP contribution in [-0.2, 0) is 11.2 Å². The zero-order valence-electron chi connectivity index (χ0n) is 15.8. The lowest BCUT2D eigenvalue weighted by atomic mass is 10.1. The number of hydrogen-bond acceptors (Lipinski definition) is 4. The molecule has 0 bridgehead atoms. The minimum atomic E-state index is -0.528. The SMILES string of the molecule is NC(=O)COc1ccc(NC(=O)N2CCN(CCc3ccccc3)CC2)cc1. The van der Waals surface area contributed by atoms with Crippen molar-refractivity contribution in [3.05, 3.63) is 60.2 Å². The second kappa shape index (κ2) is 9.75. The number of ether oxygens (including phenoxy) is 1. The lowest BCUT2D eigenvalue weighted by Gasteiger charge is -2.34. The molecule has 3 amide bonds. The molecule has 1 heterocycles. The van der Waals surface area contributed by atoms with Gasteiger partial charge in [-0.15, -0.1) is 0 Å². The Morgan fingerprint density at radius 2 is 1.64 bits per heavy atom. The molecule has 3 rings (SSSR count). The number of anilines is 1. The first-order chi connectivity index (χ1) is 13.6. The summed E-state index contributed by atoms with van der Waals surface area (Å²) < 4.78 is 5.21. The van der Waals surface area contributed by atoms with Crippen LogP contribution in [-0.4, -0.2) is 61.1 Å². The summed E-state index contributed by atoms with van der Waals surface area (Å²) in [7, 11) is 0. The molecular weight excluding hydrogens is 356 g/mol. The molecule has 0 saturated carbocycles. The monoisotopic (exact) mass is 382 g/mol. The molecule has 1 fully saturated rings. The number of rotatable bonds is 7. The van der Waals surface area contributed by atoms with Crippen LogP contribution >= 0.6 is 0 Å². The van der Waals surface area contributed by atoms with Crippen LogP contribution in [0.2, 0.25) is 0 Å². The van der Waals surface area contributed by atoms with E-state index in [2.05, 4.69) is 34.5 Å². The van der Waals surface area contributed by atoms with Gasteiger partial charge in [-0.3, -0.25) is 9.69 Å². The van der Waals surface area contributed by atoms with Crippen LogP contribution in [0.1, 0.15) is 5.56 Å². The fraction of sp³-hybridized carbons (Fsp3) is 0.333. The van der Waals surface area contributed by atoms with Gasteiger partial charge < -0.3 is 20.7 Å². The fourth-order valence-electron chi connectivity index (χ4n) is 3.10. The third kappa shape index (κ3) is 5.99. The van der Waals surface area contributed by atoms with E-state index in [-0.39, 0.29) is 12.6 Å². The lowest BCUT2D eigenvalue weighted by Crippen LogP contribution is -2.50. The second-order valence-electron chi connectivity index (χ2n) is 6.77. The third-order valence-electron chi connectivity index (χ3n) is 4.71. The van der Waals surface area contributed by atoms with Gasteiger partial charge in [0, 0.05) is 38.4 Å². The molecule has 1 saturated heterocycles. The Morgan fingerprint density at radius 3 is 2.29 bits per heavy atom. The minimum absolute atomic E-state index is 0.103. The van der Waals surface area contributed by atoms with E-state index in [1.54, 1.807) is 24.3 Å². The summed E-state index contributed by atoms with van der Waals surface area (Å²) >= 11 is 0. The van der Waals surface area contributed by atoms with Crippen LogP contribution in [0.4, 0.5) is 10.5 Å². The van der Waals surface area contributed by atoms with Gasteiger partial charge in [-0.2, -0.15) is 0 Å². The standard InChI is InChI=1S/C21H26N4O3/c22-20(26)16-28-19-8-6-18(7-9-19)23-21(27)25-14-12-24(13-15-25)11-10-17-4-2-1-3-5-17/h1-9H,10-16H2,(H2,22,26)(H,23,27). The summed E-state index contributed by atoms with van der Waals surface area (Å²) in [5, 5.41) is 2.90. The highest BCUT2D eigenvalue weighted by molar-refractivity contribution is 5.89. The smallest absolute Gasteiger partial charge is 0.321 e. The van der Waals surface area contributed by atoms with Gasteiger partial charge in [-0.1, -0.05) is 30.3 Å². The van der Waals surface area contributed by atoms with Crippen LogP contribution < -0.4 is 15.8 Å². The number of nitrogens with two attached hydrogens (primary N) is 1. The summed E-state index contributed by atoms with van der Waals surface area (Å²) in [4.78, 5) is 27.4. The van der Waals surface area contributed by atoms with E-state index < -0.39 is 5.91 Å². The van der Waals surface area contributed by atoms with E-state index in [1.165, 1.54) is 5.56 Å². The maximum absolute atomic E-state index is 12.5. The number of carbonyl (C=O) groups excluding carboxylic acids is 2. The Hall–Kier alpha value is -3.06. The van der Waals surface area contributed by atoms with E-state index in [1.807, 2.05) is 11.0 Å². The first-order valence-corrected chi connectivity index (χ1v) is 9.43. The van der Waals surface area contributed by atoms with Gasteiger partial charge in [0.05, 0.1) is 0 Å². The summed E-state index contributed by atoms with van der Waals surface area (Å²) in [6.45, 7) is 4.01. The lowest BCUT2D eigenvalue weighted by molar-refractivity contribution is -0.119. The van der Waals surface area contributed by atoms with Gasteiger partial charge in [0.2, 0.25) is 0 Å². The van der Waals surface area contributed by atoms with E-state index >= 15 is 0 Å². The molecule has 0 aromatic heterocycles. The molecule has 1 aliphatic rings. The van der Waals surface area contributed by atoms with Crippen LogP contribution in [0, 0.1) is 0 Å². The van der Waals surface area contributed by atoms with Gasteiger partial charge >= 0.3 is 6.03 Å². The Kier molecular flexibility index (Phi) is 6.86. The molecule has 0 atom stereocenters. The molecule has 0 unspecified atom stereocenters. The molecule has 0 spiro atoms. The van der Waals surface area contributed by atoms with E-state index in [9.17, 15) is 9.59 Å². The summed E-state index contributed by atoms with van der Waals surface area (Å²) in [5.74, 6) is 0.00381. The topological polar surface area (TPSA) is 87.9 Å². The maximum atomic E-state index is 12.5. The van der Waals surface area contributed by atoms with Crippen molar-refractivity contribution in [2.75, 3.05) is 44.6 Å². The second-order valence-corrected chi connectivity index (χ2v) is 6.77. The molecular formula is C21H26N4O3. The number of piperazine rings is 1. The zero-order chi connectivity index (χ0) is 19.8. The Balaban J connectivity index is 1.40. The average molecular weight is 382 g/mol. The quantitative estimate of drug-likeness (QED) is 0.766. The molecule has 148 valence electrons. The molecule has 0 aliphatic carbocycles. The fourth-order valence-corrected chi connectivity index (χ4v) is 3.10. The first kappa shape index (κ1) is 19.7. The van der Waals surface area contributed by atoms with Crippen LogP contribution in [0.5, 0.6) is 5.75 Å². The average Bonchev–Trinajstić information content (AvgIpc) is 2.73. The third-order valence-corrected chi connectivity index (χ3v) is 4.71. The zero-order valence-corrected chi connectivity index (χ0v) is 15.8. The number of nitrogens with zero attached hydrogens (tertiary/aromatic N) is 2. The molecule has 7 heteroatoms. The van der Waals surface area contributed by atoms with Crippen molar-refractivity contribution < 1.29 is 14.3 Å². The van der Waals surface area contributed by atoms with Crippen molar-refractivity contribution >= 4 is 17.6 Å². The van der Waals surface area contributed by atoms with Crippen molar-refractivity contribution in [3.63, 3.8) is 0 Å². The highest BCUT2D eigenvalue weighted by Gasteiger charge is 2.20. The highest BCUT2D eigenvalue weighted by Crippen LogP contribution is 2.16. The molecule has 3 N–H and O–H groups in total. The largest absolute Gasteiger partial charge is 0.484 e. The van der Waals surface area contributed by atoms with Crippen molar-refractivity contribution in [1.82, 2.24) is 9.80 Å². The Bertz CT molecular complexity index is 772. The normalized spacial score (nSPS) is 14.5. The van der Waals surface area contributed by atoms with Gasteiger partial charge in [0.25, 0.3) is 5.91 Å². The molecule has 0 radical (unpaired) electrons. The number of amides is 3. The van der Waals surface area contributed by atoms with Gasteiger partial charge in [0.15, 0.2) is 6.61 Å². The number of nitrogens with one attached hydrogen (secondary N) is 1. The highest BCUT2D eigenvalue weighted by atomic mass is 16.5. The summed E-state index contributed by atoms with van der Waals surface area (Å²) in [5.41, 5.74) is 7.07. The predicted molar refractivity (Wildman–Crippen MR) is 108 cm³/mol. The molecule has 2 aromatic rings. The number of benzene rings is 2. The van der Waals surface area contributed by atoms with Crippen molar-refractivity contribution in [3.8, 4) is 5.75 Å². The number of primary amides is 1. The van der Waals surface area contributed by atoms with Crippen molar-refractivity contribution in [2.45, 2.75) is 6.42 Å². The van der Waals surface area contributed by atoms with Crippen LogP contribution in [0.25, 0.3) is 0 Å². The number of carbonyl (C=O) groups is 2. The summed E-state index contributed by atoms with van der Waals surface area (Å²) in [6, 6.07) is 17.2. The van der Waals surface area contributed by atoms with Crippen LogP contribution in [0.15, 0.2) is 54.6 Å². The van der Waals surface area contributed by atoms with Gasteiger partial charge in [-0.25, -0.2) is 4.79 Å². The first-order valence-electron chi connectivity index (χ1n) is 9.43. The molecule has 7 nitrogen and oxygen atoms in total. The molecule has 28 heavy (non-hydrogen) atoms. The van der Waals surface area contributed by atoms with E-state index in [4.69, 9.17) is 10.5 Å². The number of hydrogen-bond donors (Lipinski definition) is 2. The van der Waals surface area contributed by atoms with Crippen LogP contribution in [0.3, 0.4) is 0 Å². The van der Waals surface area contributed by atoms with E-state index in [0.29, 0.717) is 24.5 Å². The van der Waals surface area contributed by atoms with E-state index in [0.717, 1.165) is 26.1 Å². The van der Waals surface area contributed by atoms with Crippen molar-refractivity contribution in [1.29, 1.82) is 0 Å². The maximum Gasteiger partial charge on any atom is 0.321 e. The van der Waals surface area contributed by atoms with Gasteiger partial charge in [-0.05, 0) is 36.2 Å². The van der Waals surface area contributed by atoms with Crippen molar-refractivity contribution in [2.24, 2.45) is 5.73 Å². The molecule has 1 aliphatic heterocycles. The van der Waals surface area contributed by atoms with Gasteiger partial charge in [0.1, 0.15) is 5.75 Å². The molecule has 2 aromatic carbocycles.